The number of fused-ring (bicyclic) bond motifs is 1. The Labute approximate surface area is 128 Å². The molecule has 0 saturated carbocycles. The number of nitrogens with zero attached hydrogens (tertiary/aromatic N) is 2. The van der Waals surface area contributed by atoms with E-state index in [9.17, 15) is 0 Å². The van der Waals surface area contributed by atoms with Crippen LogP contribution in [0.15, 0.2) is 36.5 Å². The second-order valence-corrected chi connectivity index (χ2v) is 5.96. The number of benzene rings is 1. The normalized spacial score (nSPS) is 14.5. The Kier molecular flexibility index (Phi) is 5.32. The van der Waals surface area contributed by atoms with Gasteiger partial charge in [-0.05, 0) is 44.0 Å². The number of rotatable bonds is 7. The number of para-hydroxylation sites is 1. The lowest BCUT2D eigenvalue weighted by atomic mass is 9.95. The van der Waals surface area contributed by atoms with Crippen LogP contribution in [0.4, 0.5) is 0 Å². The molecule has 0 aliphatic carbocycles. The topological polar surface area (TPSA) is 42.2 Å². The smallest absolute Gasteiger partial charge is 0.0705 e. The van der Waals surface area contributed by atoms with Crippen molar-refractivity contribution >= 4 is 10.9 Å². The van der Waals surface area contributed by atoms with Crippen molar-refractivity contribution in [1.29, 1.82) is 0 Å². The van der Waals surface area contributed by atoms with Crippen molar-refractivity contribution in [3.63, 3.8) is 0 Å². The third-order valence-corrected chi connectivity index (χ3v) is 4.56. The van der Waals surface area contributed by atoms with Gasteiger partial charge in [-0.2, -0.15) is 0 Å². The van der Waals surface area contributed by atoms with Crippen LogP contribution in [0.2, 0.25) is 0 Å². The SMILES string of the molecule is CCCN(Cc1ccnc2ccccc12)C(C)(CC)CN. The highest BCUT2D eigenvalue weighted by Gasteiger charge is 2.28. The predicted molar refractivity (Wildman–Crippen MR) is 90.2 cm³/mol. The second-order valence-electron chi connectivity index (χ2n) is 5.96. The van der Waals surface area contributed by atoms with E-state index < -0.39 is 0 Å². The number of hydrogen-bond acceptors (Lipinski definition) is 3. The largest absolute Gasteiger partial charge is 0.329 e. The first-order chi connectivity index (χ1) is 10.1. The Morgan fingerprint density at radius 3 is 2.62 bits per heavy atom. The Balaban J connectivity index is 2.35. The van der Waals surface area contributed by atoms with Crippen molar-refractivity contribution < 1.29 is 0 Å². The first kappa shape index (κ1) is 15.9. The molecule has 2 N–H and O–H groups in total. The van der Waals surface area contributed by atoms with Crippen molar-refractivity contribution in [2.75, 3.05) is 13.1 Å². The van der Waals surface area contributed by atoms with Crippen molar-refractivity contribution in [3.05, 3.63) is 42.1 Å². The predicted octanol–water partition coefficient (Wildman–Crippen LogP) is 3.57. The van der Waals surface area contributed by atoms with Gasteiger partial charge in [0, 0.05) is 30.2 Å². The minimum atomic E-state index is 0.0559. The van der Waals surface area contributed by atoms with Crippen molar-refractivity contribution in [3.8, 4) is 0 Å². The number of hydrogen-bond donors (Lipinski definition) is 1. The first-order valence-electron chi connectivity index (χ1n) is 7.92. The van der Waals surface area contributed by atoms with Crippen molar-refractivity contribution in [1.82, 2.24) is 9.88 Å². The maximum atomic E-state index is 6.06. The van der Waals surface area contributed by atoms with Gasteiger partial charge in [-0.1, -0.05) is 32.0 Å². The molecule has 0 bridgehead atoms. The van der Waals surface area contributed by atoms with Crippen LogP contribution < -0.4 is 5.73 Å². The number of nitrogens with two attached hydrogens (primary N) is 1. The summed E-state index contributed by atoms with van der Waals surface area (Å²) in [6, 6.07) is 10.5. The summed E-state index contributed by atoms with van der Waals surface area (Å²) in [5.74, 6) is 0. The highest BCUT2D eigenvalue weighted by molar-refractivity contribution is 5.81. The molecule has 1 aromatic heterocycles. The van der Waals surface area contributed by atoms with Gasteiger partial charge in [0.05, 0.1) is 5.52 Å². The van der Waals surface area contributed by atoms with Gasteiger partial charge in [0.15, 0.2) is 0 Å². The average Bonchev–Trinajstić information content (AvgIpc) is 2.54. The molecule has 0 spiro atoms. The molecule has 1 atom stereocenters. The maximum absolute atomic E-state index is 6.06. The van der Waals surface area contributed by atoms with Gasteiger partial charge in [0.25, 0.3) is 0 Å². The molecule has 1 heterocycles. The van der Waals surface area contributed by atoms with Crippen LogP contribution in [-0.4, -0.2) is 28.5 Å². The summed E-state index contributed by atoms with van der Waals surface area (Å²) in [5.41, 5.74) is 8.52. The van der Waals surface area contributed by atoms with E-state index in [0.717, 1.165) is 31.4 Å². The molecule has 0 radical (unpaired) electrons. The molecular weight excluding hydrogens is 258 g/mol. The lowest BCUT2D eigenvalue weighted by Gasteiger charge is -2.40. The third kappa shape index (κ3) is 3.42. The summed E-state index contributed by atoms with van der Waals surface area (Å²) in [6.45, 7) is 9.40. The van der Waals surface area contributed by atoms with E-state index in [-0.39, 0.29) is 5.54 Å². The van der Waals surface area contributed by atoms with Crippen molar-refractivity contribution in [2.24, 2.45) is 5.73 Å². The molecule has 3 nitrogen and oxygen atoms in total. The molecule has 0 aliphatic rings. The van der Waals surface area contributed by atoms with Gasteiger partial charge >= 0.3 is 0 Å². The zero-order valence-corrected chi connectivity index (χ0v) is 13.5. The van der Waals surface area contributed by atoms with E-state index in [1.165, 1.54) is 10.9 Å². The minimum absolute atomic E-state index is 0.0559. The van der Waals surface area contributed by atoms with E-state index in [4.69, 9.17) is 5.73 Å². The van der Waals surface area contributed by atoms with Crippen LogP contribution >= 0.6 is 0 Å². The van der Waals surface area contributed by atoms with Crippen LogP contribution in [0, 0.1) is 0 Å². The molecule has 0 fully saturated rings. The van der Waals surface area contributed by atoms with Gasteiger partial charge in [-0.15, -0.1) is 0 Å². The second kappa shape index (κ2) is 7.01. The molecular formula is C18H27N3. The summed E-state index contributed by atoms with van der Waals surface area (Å²) in [7, 11) is 0. The lowest BCUT2D eigenvalue weighted by Crippen LogP contribution is -2.51. The molecule has 3 heteroatoms. The van der Waals surface area contributed by atoms with Crippen LogP contribution in [0.25, 0.3) is 10.9 Å². The van der Waals surface area contributed by atoms with E-state index >= 15 is 0 Å². The molecule has 1 aromatic carbocycles. The lowest BCUT2D eigenvalue weighted by molar-refractivity contribution is 0.0977. The standard InChI is InChI=1S/C18H27N3/c1-4-12-21(18(3,5-2)14-19)13-15-10-11-20-17-9-7-6-8-16(15)17/h6-11H,4-5,12-14,19H2,1-3H3. The highest BCUT2D eigenvalue weighted by Crippen LogP contribution is 2.24. The molecule has 2 aromatic rings. The van der Waals surface area contributed by atoms with Gasteiger partial charge in [0.1, 0.15) is 0 Å². The fraction of sp³-hybridized carbons (Fsp3) is 0.500. The fourth-order valence-electron chi connectivity index (χ4n) is 2.81. The summed E-state index contributed by atoms with van der Waals surface area (Å²) < 4.78 is 0. The zero-order chi connectivity index (χ0) is 15.3. The Hall–Kier alpha value is -1.45. The minimum Gasteiger partial charge on any atom is -0.329 e. The fourth-order valence-corrected chi connectivity index (χ4v) is 2.81. The highest BCUT2D eigenvalue weighted by atomic mass is 15.2. The van der Waals surface area contributed by atoms with Gasteiger partial charge in [-0.25, -0.2) is 0 Å². The molecule has 1 unspecified atom stereocenters. The summed E-state index contributed by atoms with van der Waals surface area (Å²) >= 11 is 0. The van der Waals surface area contributed by atoms with Gasteiger partial charge in [-0.3, -0.25) is 9.88 Å². The Morgan fingerprint density at radius 1 is 1.19 bits per heavy atom. The van der Waals surface area contributed by atoms with E-state index in [1.54, 1.807) is 0 Å². The Bertz CT molecular complexity index is 570. The molecule has 0 amide bonds. The maximum Gasteiger partial charge on any atom is 0.0705 e. The summed E-state index contributed by atoms with van der Waals surface area (Å²) in [5, 5.41) is 1.25. The van der Waals surface area contributed by atoms with E-state index in [1.807, 2.05) is 12.3 Å². The average molecular weight is 285 g/mol. The molecule has 114 valence electrons. The quantitative estimate of drug-likeness (QED) is 0.845. The van der Waals surface area contributed by atoms with E-state index in [2.05, 4.69) is 54.9 Å². The third-order valence-electron chi connectivity index (χ3n) is 4.56. The van der Waals surface area contributed by atoms with E-state index in [0.29, 0.717) is 6.54 Å². The van der Waals surface area contributed by atoms with Crippen LogP contribution in [0.3, 0.4) is 0 Å². The zero-order valence-electron chi connectivity index (χ0n) is 13.5. The van der Waals surface area contributed by atoms with Gasteiger partial charge in [0.2, 0.25) is 0 Å². The summed E-state index contributed by atoms with van der Waals surface area (Å²) in [6.07, 6.45) is 4.11. The monoisotopic (exact) mass is 285 g/mol. The molecule has 0 saturated heterocycles. The summed E-state index contributed by atoms with van der Waals surface area (Å²) in [4.78, 5) is 6.98. The number of aromatic nitrogens is 1. The molecule has 21 heavy (non-hydrogen) atoms. The van der Waals surface area contributed by atoms with Crippen LogP contribution in [0.5, 0.6) is 0 Å². The van der Waals surface area contributed by atoms with Crippen molar-refractivity contribution in [2.45, 2.75) is 45.7 Å². The number of pyridine rings is 1. The molecule has 2 rings (SSSR count). The van der Waals surface area contributed by atoms with Crippen LogP contribution in [-0.2, 0) is 6.54 Å². The first-order valence-corrected chi connectivity index (χ1v) is 7.92. The Morgan fingerprint density at radius 2 is 1.95 bits per heavy atom. The van der Waals surface area contributed by atoms with Gasteiger partial charge < -0.3 is 5.73 Å². The molecule has 0 aliphatic heterocycles. The van der Waals surface area contributed by atoms with Crippen LogP contribution in [0.1, 0.15) is 39.2 Å².